The molecular formula is C16H19N3. The minimum atomic E-state index is 0.735. The molecule has 0 bridgehead atoms. The highest BCUT2D eigenvalue weighted by atomic mass is 15.0. The molecule has 1 N–H and O–H groups in total. The highest BCUT2D eigenvalue weighted by Gasteiger charge is 2.52. The number of nitrogens with zero attached hydrogens (tertiary/aromatic N) is 2. The first-order chi connectivity index (χ1) is 9.35. The minimum absolute atomic E-state index is 0.735. The smallest absolute Gasteiger partial charge is 0.0991 e. The number of nitrogens with one attached hydrogen (secondary N) is 1. The summed E-state index contributed by atoms with van der Waals surface area (Å²) in [6, 6.07) is 9.29. The molecule has 98 valence electrons. The lowest BCUT2D eigenvalue weighted by molar-refractivity contribution is 0.198. The number of hydrogen-bond acceptors (Lipinski definition) is 2. The van der Waals surface area contributed by atoms with E-state index in [1.807, 2.05) is 18.7 Å². The van der Waals surface area contributed by atoms with Crippen molar-refractivity contribution >= 4 is 0 Å². The van der Waals surface area contributed by atoms with Crippen LogP contribution in [0.5, 0.6) is 0 Å². The normalized spacial score (nSPS) is 20.4. The quantitative estimate of drug-likeness (QED) is 0.908. The van der Waals surface area contributed by atoms with Crippen LogP contribution in [0.2, 0.25) is 0 Å². The summed E-state index contributed by atoms with van der Waals surface area (Å²) >= 11 is 0. The van der Waals surface area contributed by atoms with Crippen LogP contribution < -0.4 is 5.32 Å². The molecule has 0 unspecified atom stereocenters. The average Bonchev–Trinajstić information content (AvgIpc) is 3.01. The van der Waals surface area contributed by atoms with Gasteiger partial charge in [-0.3, -0.25) is 0 Å². The third-order valence-electron chi connectivity index (χ3n) is 4.67. The largest absolute Gasteiger partial charge is 0.310 e. The lowest BCUT2D eigenvalue weighted by Crippen LogP contribution is -2.42. The topological polar surface area (TPSA) is 29.9 Å². The van der Waals surface area contributed by atoms with Crippen LogP contribution in [0, 0.1) is 5.41 Å². The second-order valence-corrected chi connectivity index (χ2v) is 6.08. The van der Waals surface area contributed by atoms with Gasteiger partial charge in [0.2, 0.25) is 0 Å². The van der Waals surface area contributed by atoms with E-state index < -0.39 is 0 Å². The monoisotopic (exact) mass is 253 g/mol. The molecule has 19 heavy (non-hydrogen) atoms. The number of aromatic nitrogens is 2. The van der Waals surface area contributed by atoms with Gasteiger partial charge in [0, 0.05) is 25.0 Å². The maximum atomic E-state index is 4.13. The first kappa shape index (κ1) is 11.2. The van der Waals surface area contributed by atoms with Crippen LogP contribution in [0.4, 0.5) is 0 Å². The highest BCUT2D eigenvalue weighted by Crippen LogP contribution is 2.60. The Kier molecular flexibility index (Phi) is 2.49. The lowest BCUT2D eigenvalue weighted by Gasteiger charge is -2.36. The molecule has 1 aromatic heterocycles. The number of benzene rings is 1. The zero-order valence-electron chi connectivity index (χ0n) is 11.0. The van der Waals surface area contributed by atoms with Gasteiger partial charge in [0.1, 0.15) is 0 Å². The van der Waals surface area contributed by atoms with Gasteiger partial charge in [0.05, 0.1) is 12.0 Å². The van der Waals surface area contributed by atoms with Crippen molar-refractivity contribution in [2.45, 2.75) is 38.3 Å². The Morgan fingerprint density at radius 3 is 2.84 bits per heavy atom. The molecule has 4 rings (SSSR count). The van der Waals surface area contributed by atoms with E-state index in [4.69, 9.17) is 0 Å². The molecule has 0 atom stereocenters. The van der Waals surface area contributed by atoms with Gasteiger partial charge in [-0.1, -0.05) is 18.2 Å². The molecule has 2 aliphatic rings. The molecule has 0 amide bonds. The molecule has 1 aromatic carbocycles. The third-order valence-corrected chi connectivity index (χ3v) is 4.67. The van der Waals surface area contributed by atoms with Crippen molar-refractivity contribution in [2.75, 3.05) is 0 Å². The zero-order valence-corrected chi connectivity index (χ0v) is 11.0. The molecule has 0 aliphatic heterocycles. The first-order valence-electron chi connectivity index (χ1n) is 7.14. The van der Waals surface area contributed by atoms with Crippen molar-refractivity contribution in [3.63, 3.8) is 0 Å². The van der Waals surface area contributed by atoms with Crippen molar-refractivity contribution in [1.29, 1.82) is 0 Å². The van der Waals surface area contributed by atoms with Gasteiger partial charge in [-0.05, 0) is 42.7 Å². The summed E-state index contributed by atoms with van der Waals surface area (Å²) in [7, 11) is 0. The fourth-order valence-electron chi connectivity index (χ4n) is 3.28. The zero-order chi connectivity index (χ0) is 12.7. The summed E-state index contributed by atoms with van der Waals surface area (Å²) in [6.45, 7) is 0.953. The minimum Gasteiger partial charge on any atom is -0.310 e. The maximum absolute atomic E-state index is 4.13. The predicted octanol–water partition coefficient (Wildman–Crippen LogP) is 2.90. The Hall–Kier alpha value is -1.61. The summed E-state index contributed by atoms with van der Waals surface area (Å²) in [5.41, 5.74) is 3.35. The van der Waals surface area contributed by atoms with E-state index in [-0.39, 0.29) is 0 Å². The van der Waals surface area contributed by atoms with Crippen LogP contribution in [-0.2, 0) is 6.54 Å². The van der Waals surface area contributed by atoms with Crippen molar-refractivity contribution in [2.24, 2.45) is 5.41 Å². The second kappa shape index (κ2) is 4.20. The summed E-state index contributed by atoms with van der Waals surface area (Å²) in [6.07, 6.45) is 11.4. The van der Waals surface area contributed by atoms with Gasteiger partial charge in [0.15, 0.2) is 0 Å². The number of rotatable bonds is 4. The SMILES string of the molecule is c1ccc(-n2ccnc2)c(CNC2CC3(CC3)C2)c1. The molecule has 2 saturated carbocycles. The van der Waals surface area contributed by atoms with E-state index in [0.29, 0.717) is 0 Å². The van der Waals surface area contributed by atoms with E-state index >= 15 is 0 Å². The van der Waals surface area contributed by atoms with Crippen LogP contribution in [0.3, 0.4) is 0 Å². The maximum Gasteiger partial charge on any atom is 0.0991 e. The van der Waals surface area contributed by atoms with Crippen molar-refractivity contribution in [3.05, 3.63) is 48.5 Å². The third kappa shape index (κ3) is 2.08. The summed E-state index contributed by atoms with van der Waals surface area (Å²) in [4.78, 5) is 4.13. The van der Waals surface area contributed by atoms with E-state index in [1.165, 1.54) is 36.9 Å². The molecule has 3 nitrogen and oxygen atoms in total. The highest BCUT2D eigenvalue weighted by molar-refractivity contribution is 5.40. The van der Waals surface area contributed by atoms with Crippen molar-refractivity contribution in [1.82, 2.24) is 14.9 Å². The number of para-hydroxylation sites is 1. The van der Waals surface area contributed by atoms with E-state index in [1.54, 1.807) is 0 Å². The Morgan fingerprint density at radius 2 is 2.11 bits per heavy atom. The van der Waals surface area contributed by atoms with Crippen molar-refractivity contribution in [3.8, 4) is 5.69 Å². The molecule has 1 heterocycles. The molecule has 0 radical (unpaired) electrons. The summed E-state index contributed by atoms with van der Waals surface area (Å²) < 4.78 is 2.08. The first-order valence-corrected chi connectivity index (χ1v) is 7.14. The fraction of sp³-hybridized carbons (Fsp3) is 0.438. The van der Waals surface area contributed by atoms with Gasteiger partial charge in [0.25, 0.3) is 0 Å². The Bertz CT molecular complexity index is 561. The van der Waals surface area contributed by atoms with Gasteiger partial charge >= 0.3 is 0 Å². The van der Waals surface area contributed by atoms with Gasteiger partial charge in [-0.2, -0.15) is 0 Å². The molecule has 3 heteroatoms. The van der Waals surface area contributed by atoms with Gasteiger partial charge in [-0.25, -0.2) is 4.98 Å². The van der Waals surface area contributed by atoms with E-state index in [9.17, 15) is 0 Å². The number of hydrogen-bond donors (Lipinski definition) is 1. The van der Waals surface area contributed by atoms with E-state index in [0.717, 1.165) is 18.0 Å². The van der Waals surface area contributed by atoms with Gasteiger partial charge in [-0.15, -0.1) is 0 Å². The number of imidazole rings is 1. The van der Waals surface area contributed by atoms with Crippen LogP contribution >= 0.6 is 0 Å². The van der Waals surface area contributed by atoms with Crippen LogP contribution in [-0.4, -0.2) is 15.6 Å². The standard InChI is InChI=1S/C16H19N3/c1-2-4-15(19-8-7-17-12-19)13(3-1)11-18-14-9-16(10-14)5-6-16/h1-4,7-8,12,14,18H,5-6,9-11H2. The molecule has 1 spiro atoms. The summed E-state index contributed by atoms with van der Waals surface area (Å²) in [5, 5.41) is 3.70. The molecule has 2 aliphatic carbocycles. The van der Waals surface area contributed by atoms with Gasteiger partial charge < -0.3 is 9.88 Å². The lowest BCUT2D eigenvalue weighted by atomic mass is 9.77. The average molecular weight is 253 g/mol. The molecule has 2 fully saturated rings. The van der Waals surface area contributed by atoms with E-state index in [2.05, 4.69) is 39.1 Å². The Labute approximate surface area is 113 Å². The molecule has 2 aromatic rings. The predicted molar refractivity (Wildman–Crippen MR) is 75.1 cm³/mol. The summed E-state index contributed by atoms with van der Waals surface area (Å²) in [5.74, 6) is 0. The molecule has 0 saturated heterocycles. The van der Waals surface area contributed by atoms with Crippen LogP contribution in [0.25, 0.3) is 5.69 Å². The van der Waals surface area contributed by atoms with Crippen LogP contribution in [0.1, 0.15) is 31.2 Å². The molecular weight excluding hydrogens is 234 g/mol. The Balaban J connectivity index is 1.45. The Morgan fingerprint density at radius 1 is 1.26 bits per heavy atom. The second-order valence-electron chi connectivity index (χ2n) is 6.08. The van der Waals surface area contributed by atoms with Crippen LogP contribution in [0.15, 0.2) is 43.0 Å². The van der Waals surface area contributed by atoms with Crippen molar-refractivity contribution < 1.29 is 0 Å². The fourth-order valence-corrected chi connectivity index (χ4v) is 3.28.